The summed E-state index contributed by atoms with van der Waals surface area (Å²) in [7, 11) is 1.71. The second kappa shape index (κ2) is 5.30. The van der Waals surface area contributed by atoms with E-state index in [-0.39, 0.29) is 17.3 Å². The summed E-state index contributed by atoms with van der Waals surface area (Å²) in [5.41, 5.74) is 0.697. The maximum absolute atomic E-state index is 11.0. The van der Waals surface area contributed by atoms with Crippen LogP contribution in [0.3, 0.4) is 0 Å². The number of nitrogens with one attached hydrogen (secondary N) is 1. The third-order valence-electron chi connectivity index (χ3n) is 2.42. The molecule has 0 aliphatic carbocycles. The van der Waals surface area contributed by atoms with Gasteiger partial charge < -0.3 is 10.1 Å². The van der Waals surface area contributed by atoms with Crippen LogP contribution in [0, 0.1) is 17.0 Å². The van der Waals surface area contributed by atoms with Crippen molar-refractivity contribution in [3.63, 3.8) is 0 Å². The molecule has 2 aromatic rings. The quantitative estimate of drug-likeness (QED) is 0.671. The molecule has 0 aliphatic heterocycles. The second-order valence-electron chi connectivity index (χ2n) is 3.82. The van der Waals surface area contributed by atoms with E-state index in [0.29, 0.717) is 5.82 Å². The summed E-state index contributed by atoms with van der Waals surface area (Å²) < 4.78 is 5.44. The van der Waals surface area contributed by atoms with Gasteiger partial charge >= 0.3 is 5.69 Å². The van der Waals surface area contributed by atoms with E-state index in [2.05, 4.69) is 15.3 Å². The first-order chi connectivity index (χ1) is 9.10. The molecule has 0 fully saturated rings. The molecule has 0 atom stereocenters. The standard InChI is InChI=1S/C12H12N4O3/c1-8-3-4-10(9(5-8)16(17)18)19-12-6-11(13-2)14-7-15-12/h3-7H,1-2H3,(H,13,14,15). The lowest BCUT2D eigenvalue weighted by Crippen LogP contribution is -1.97. The molecule has 98 valence electrons. The van der Waals surface area contributed by atoms with Crippen LogP contribution in [0.15, 0.2) is 30.6 Å². The van der Waals surface area contributed by atoms with Gasteiger partial charge in [0.15, 0.2) is 0 Å². The fraction of sp³-hybridized carbons (Fsp3) is 0.167. The zero-order valence-electron chi connectivity index (χ0n) is 10.5. The number of aromatic nitrogens is 2. The average Bonchev–Trinajstić information content (AvgIpc) is 2.41. The molecule has 7 nitrogen and oxygen atoms in total. The Morgan fingerprint density at radius 1 is 1.32 bits per heavy atom. The van der Waals surface area contributed by atoms with Gasteiger partial charge in [0.2, 0.25) is 11.6 Å². The number of benzene rings is 1. The smallest absolute Gasteiger partial charge is 0.311 e. The largest absolute Gasteiger partial charge is 0.432 e. The van der Waals surface area contributed by atoms with Crippen molar-refractivity contribution in [2.45, 2.75) is 6.92 Å². The summed E-state index contributed by atoms with van der Waals surface area (Å²) in [5.74, 6) is 0.961. The summed E-state index contributed by atoms with van der Waals surface area (Å²) in [4.78, 5) is 18.3. The molecule has 0 aliphatic rings. The molecule has 1 aromatic heterocycles. The van der Waals surface area contributed by atoms with Crippen LogP contribution in [-0.4, -0.2) is 21.9 Å². The summed E-state index contributed by atoms with van der Waals surface area (Å²) >= 11 is 0. The predicted octanol–water partition coefficient (Wildman–Crippen LogP) is 2.53. The molecule has 1 heterocycles. The number of hydrogen-bond donors (Lipinski definition) is 1. The Morgan fingerprint density at radius 2 is 2.11 bits per heavy atom. The highest BCUT2D eigenvalue weighted by Crippen LogP contribution is 2.31. The minimum absolute atomic E-state index is 0.0929. The van der Waals surface area contributed by atoms with Gasteiger partial charge in [-0.2, -0.15) is 0 Å². The minimum atomic E-state index is -0.484. The van der Waals surface area contributed by atoms with E-state index >= 15 is 0 Å². The number of aryl methyl sites for hydroxylation is 1. The molecule has 0 saturated carbocycles. The van der Waals surface area contributed by atoms with Gasteiger partial charge in [0.1, 0.15) is 12.1 Å². The summed E-state index contributed by atoms with van der Waals surface area (Å²) in [6.45, 7) is 1.78. The molecule has 1 N–H and O–H groups in total. The molecule has 0 bridgehead atoms. The molecule has 0 amide bonds. The average molecular weight is 260 g/mol. The first kappa shape index (κ1) is 12.7. The van der Waals surface area contributed by atoms with Gasteiger partial charge in [0, 0.05) is 19.2 Å². The first-order valence-electron chi connectivity index (χ1n) is 5.53. The minimum Gasteiger partial charge on any atom is -0.432 e. The number of nitro benzene ring substituents is 1. The van der Waals surface area contributed by atoms with Crippen LogP contribution in [-0.2, 0) is 0 Å². The van der Waals surface area contributed by atoms with Gasteiger partial charge in [0.25, 0.3) is 0 Å². The third-order valence-corrected chi connectivity index (χ3v) is 2.42. The van der Waals surface area contributed by atoms with Crippen molar-refractivity contribution >= 4 is 11.5 Å². The number of ether oxygens (including phenoxy) is 1. The maximum Gasteiger partial charge on any atom is 0.311 e. The van der Waals surface area contributed by atoms with Crippen LogP contribution < -0.4 is 10.1 Å². The van der Waals surface area contributed by atoms with E-state index in [1.807, 2.05) is 0 Å². The van der Waals surface area contributed by atoms with Crippen LogP contribution >= 0.6 is 0 Å². The van der Waals surface area contributed by atoms with Crippen molar-refractivity contribution in [1.29, 1.82) is 0 Å². The topological polar surface area (TPSA) is 90.2 Å². The van der Waals surface area contributed by atoms with Gasteiger partial charge in [-0.3, -0.25) is 10.1 Å². The normalized spacial score (nSPS) is 10.0. The molecule has 0 saturated heterocycles. The molecule has 2 rings (SSSR count). The Kier molecular flexibility index (Phi) is 3.56. The van der Waals surface area contributed by atoms with Crippen molar-refractivity contribution in [2.75, 3.05) is 12.4 Å². The van der Waals surface area contributed by atoms with Crippen molar-refractivity contribution in [2.24, 2.45) is 0 Å². The van der Waals surface area contributed by atoms with Crippen molar-refractivity contribution in [3.8, 4) is 11.6 Å². The zero-order valence-corrected chi connectivity index (χ0v) is 10.5. The van der Waals surface area contributed by atoms with Gasteiger partial charge in [-0.25, -0.2) is 9.97 Å². The highest BCUT2D eigenvalue weighted by molar-refractivity contribution is 5.50. The van der Waals surface area contributed by atoms with E-state index in [1.54, 1.807) is 32.2 Å². The molecule has 7 heteroatoms. The van der Waals surface area contributed by atoms with Crippen LogP contribution in [0.2, 0.25) is 0 Å². The van der Waals surface area contributed by atoms with Crippen molar-refractivity contribution in [3.05, 3.63) is 46.3 Å². The fourth-order valence-electron chi connectivity index (χ4n) is 1.50. The lowest BCUT2D eigenvalue weighted by molar-refractivity contribution is -0.385. The Hall–Kier alpha value is -2.70. The maximum atomic E-state index is 11.0. The van der Waals surface area contributed by atoms with Crippen LogP contribution in [0.5, 0.6) is 11.6 Å². The van der Waals surface area contributed by atoms with Crippen LogP contribution in [0.25, 0.3) is 0 Å². The van der Waals surface area contributed by atoms with E-state index < -0.39 is 4.92 Å². The van der Waals surface area contributed by atoms with E-state index in [4.69, 9.17) is 4.74 Å². The highest BCUT2D eigenvalue weighted by Gasteiger charge is 2.16. The number of anilines is 1. The molecular weight excluding hydrogens is 248 g/mol. The molecule has 0 unspecified atom stereocenters. The molecule has 0 spiro atoms. The van der Waals surface area contributed by atoms with Gasteiger partial charge in [-0.15, -0.1) is 0 Å². The zero-order chi connectivity index (χ0) is 13.8. The summed E-state index contributed by atoms with van der Waals surface area (Å²) in [6, 6.07) is 6.30. The predicted molar refractivity (Wildman–Crippen MR) is 69.5 cm³/mol. The Bertz CT molecular complexity index is 616. The molecule has 1 aromatic carbocycles. The van der Waals surface area contributed by atoms with E-state index in [9.17, 15) is 10.1 Å². The van der Waals surface area contributed by atoms with Crippen LogP contribution in [0.1, 0.15) is 5.56 Å². The van der Waals surface area contributed by atoms with Gasteiger partial charge in [0.05, 0.1) is 4.92 Å². The number of nitrogens with zero attached hydrogens (tertiary/aromatic N) is 3. The third kappa shape index (κ3) is 2.95. The Labute approximate surface area is 109 Å². The lowest BCUT2D eigenvalue weighted by atomic mass is 10.2. The Morgan fingerprint density at radius 3 is 2.79 bits per heavy atom. The van der Waals surface area contributed by atoms with Gasteiger partial charge in [-0.05, 0) is 18.6 Å². The highest BCUT2D eigenvalue weighted by atomic mass is 16.6. The molecular formula is C12H12N4O3. The molecule has 19 heavy (non-hydrogen) atoms. The lowest BCUT2D eigenvalue weighted by Gasteiger charge is -2.06. The summed E-state index contributed by atoms with van der Waals surface area (Å²) in [6.07, 6.45) is 1.32. The Balaban J connectivity index is 2.34. The number of rotatable bonds is 4. The summed E-state index contributed by atoms with van der Waals surface area (Å²) in [5, 5.41) is 13.8. The number of hydrogen-bond acceptors (Lipinski definition) is 6. The van der Waals surface area contributed by atoms with E-state index in [0.717, 1.165) is 5.56 Å². The SMILES string of the molecule is CNc1cc(Oc2ccc(C)cc2[N+](=O)[O-])ncn1. The first-order valence-corrected chi connectivity index (χ1v) is 5.53. The second-order valence-corrected chi connectivity index (χ2v) is 3.82. The van der Waals surface area contributed by atoms with Crippen molar-refractivity contribution < 1.29 is 9.66 Å². The van der Waals surface area contributed by atoms with Crippen LogP contribution in [0.4, 0.5) is 11.5 Å². The van der Waals surface area contributed by atoms with E-state index in [1.165, 1.54) is 12.4 Å². The van der Waals surface area contributed by atoms with Crippen molar-refractivity contribution in [1.82, 2.24) is 9.97 Å². The van der Waals surface area contributed by atoms with Gasteiger partial charge in [-0.1, -0.05) is 6.07 Å². The molecule has 0 radical (unpaired) electrons. The fourth-order valence-corrected chi connectivity index (χ4v) is 1.50. The number of nitro groups is 1. The monoisotopic (exact) mass is 260 g/mol.